The van der Waals surface area contributed by atoms with E-state index in [-0.39, 0.29) is 11.4 Å². The van der Waals surface area contributed by atoms with Gasteiger partial charge < -0.3 is 4.98 Å². The number of rotatable bonds is 4. The molecule has 4 nitrogen and oxygen atoms in total. The molecule has 0 atom stereocenters. The number of H-pyrrole nitrogens is 1. The van der Waals surface area contributed by atoms with Crippen molar-refractivity contribution in [1.29, 1.82) is 0 Å². The Balaban J connectivity index is 1.77. The van der Waals surface area contributed by atoms with Crippen molar-refractivity contribution >= 4 is 45.7 Å². The number of aromatic amines is 1. The molecule has 26 heavy (non-hydrogen) atoms. The normalized spacial score (nSPS) is 11.1. The van der Waals surface area contributed by atoms with Gasteiger partial charge in [0.05, 0.1) is 0 Å². The van der Waals surface area contributed by atoms with E-state index in [1.54, 1.807) is 22.8 Å². The van der Waals surface area contributed by atoms with Crippen LogP contribution in [0.5, 0.6) is 0 Å². The van der Waals surface area contributed by atoms with E-state index in [1.807, 2.05) is 30.3 Å². The van der Waals surface area contributed by atoms with Crippen LogP contribution in [-0.4, -0.2) is 14.5 Å². The van der Waals surface area contributed by atoms with Crippen LogP contribution in [0.1, 0.15) is 5.56 Å². The molecule has 2 aromatic carbocycles. The quantitative estimate of drug-likeness (QED) is 0.299. The number of hydrogen-bond acceptors (Lipinski definition) is 5. The van der Waals surface area contributed by atoms with Crippen molar-refractivity contribution < 1.29 is 4.39 Å². The molecule has 0 fully saturated rings. The van der Waals surface area contributed by atoms with Gasteiger partial charge in [-0.05, 0) is 36.0 Å². The predicted molar refractivity (Wildman–Crippen MR) is 106 cm³/mol. The van der Waals surface area contributed by atoms with Gasteiger partial charge in [0.2, 0.25) is 0 Å². The van der Waals surface area contributed by atoms with Gasteiger partial charge in [-0.25, -0.2) is 9.37 Å². The number of halogens is 1. The van der Waals surface area contributed by atoms with Crippen LogP contribution in [0.2, 0.25) is 0 Å². The van der Waals surface area contributed by atoms with Crippen LogP contribution in [0.15, 0.2) is 64.5 Å². The number of thiazole rings is 1. The second-order valence-electron chi connectivity index (χ2n) is 5.44. The lowest BCUT2D eigenvalue weighted by atomic mass is 10.2. The van der Waals surface area contributed by atoms with Crippen LogP contribution in [0.4, 0.5) is 4.39 Å². The summed E-state index contributed by atoms with van der Waals surface area (Å²) in [7, 11) is 0. The minimum atomic E-state index is -0.272. The molecule has 2 heterocycles. The molecule has 0 saturated heterocycles. The molecule has 2 aromatic heterocycles. The lowest BCUT2D eigenvalue weighted by Gasteiger charge is -2.06. The summed E-state index contributed by atoms with van der Waals surface area (Å²) in [4.78, 5) is 19.8. The zero-order chi connectivity index (χ0) is 18.1. The standard InChI is InChI=1S/C18H12FN3OS3/c19-13-9-5-4-6-11(13)10-25-17-20-15-14(16(23)21-17)26-18(24)22(15)12-7-2-1-3-8-12/h1-9H,10H2,(H,20,21,23). The van der Waals surface area contributed by atoms with Gasteiger partial charge in [0, 0.05) is 11.4 Å². The average molecular weight is 402 g/mol. The summed E-state index contributed by atoms with van der Waals surface area (Å²) < 4.78 is 16.6. The first kappa shape index (κ1) is 17.1. The molecule has 0 amide bonds. The molecule has 0 aliphatic carbocycles. The van der Waals surface area contributed by atoms with E-state index in [2.05, 4.69) is 9.97 Å². The molecule has 0 spiro atoms. The molecule has 0 radical (unpaired) electrons. The van der Waals surface area contributed by atoms with E-state index >= 15 is 0 Å². The molecule has 4 rings (SSSR count). The van der Waals surface area contributed by atoms with Crippen LogP contribution >= 0.6 is 35.3 Å². The minimum absolute atomic E-state index is 0.239. The average Bonchev–Trinajstić information content (AvgIpc) is 2.98. The van der Waals surface area contributed by atoms with Crippen molar-refractivity contribution in [3.05, 3.63) is 80.3 Å². The predicted octanol–water partition coefficient (Wildman–Crippen LogP) is 4.94. The number of hydrogen-bond donors (Lipinski definition) is 1. The summed E-state index contributed by atoms with van der Waals surface area (Å²) in [6, 6.07) is 16.1. The maximum absolute atomic E-state index is 13.8. The van der Waals surface area contributed by atoms with Crippen LogP contribution in [0.25, 0.3) is 16.0 Å². The summed E-state index contributed by atoms with van der Waals surface area (Å²) >= 11 is 7.94. The molecule has 130 valence electrons. The van der Waals surface area contributed by atoms with E-state index in [4.69, 9.17) is 12.2 Å². The highest BCUT2D eigenvalue weighted by Gasteiger charge is 2.14. The second-order valence-corrected chi connectivity index (χ2v) is 8.05. The van der Waals surface area contributed by atoms with E-state index < -0.39 is 0 Å². The number of thioether (sulfide) groups is 1. The highest BCUT2D eigenvalue weighted by atomic mass is 32.2. The van der Waals surface area contributed by atoms with Gasteiger partial charge in [-0.15, -0.1) is 0 Å². The number of nitrogens with one attached hydrogen (secondary N) is 1. The Morgan fingerprint density at radius 2 is 1.88 bits per heavy atom. The van der Waals surface area contributed by atoms with Crippen molar-refractivity contribution in [1.82, 2.24) is 14.5 Å². The van der Waals surface area contributed by atoms with Crippen molar-refractivity contribution in [3.8, 4) is 5.69 Å². The van der Waals surface area contributed by atoms with Gasteiger partial charge in [-0.3, -0.25) is 9.36 Å². The Morgan fingerprint density at radius 1 is 1.15 bits per heavy atom. The molecule has 0 aliphatic rings. The van der Waals surface area contributed by atoms with Crippen LogP contribution in [0, 0.1) is 9.77 Å². The zero-order valence-electron chi connectivity index (χ0n) is 13.3. The topological polar surface area (TPSA) is 50.7 Å². The molecular formula is C18H12FN3OS3. The molecule has 0 saturated carbocycles. The van der Waals surface area contributed by atoms with Crippen molar-refractivity contribution in [3.63, 3.8) is 0 Å². The summed E-state index contributed by atoms with van der Waals surface area (Å²) in [5.41, 5.74) is 1.69. The largest absolute Gasteiger partial charge is 0.300 e. The van der Waals surface area contributed by atoms with E-state index in [0.29, 0.717) is 30.8 Å². The molecular weight excluding hydrogens is 389 g/mol. The zero-order valence-corrected chi connectivity index (χ0v) is 15.8. The summed E-state index contributed by atoms with van der Waals surface area (Å²) in [5.74, 6) is 0.100. The highest BCUT2D eigenvalue weighted by molar-refractivity contribution is 7.98. The molecule has 1 N–H and O–H groups in total. The first-order valence-electron chi connectivity index (χ1n) is 7.71. The third kappa shape index (κ3) is 3.23. The summed E-state index contributed by atoms with van der Waals surface area (Å²) in [6.45, 7) is 0. The van der Waals surface area contributed by atoms with E-state index in [0.717, 1.165) is 5.69 Å². The van der Waals surface area contributed by atoms with E-state index in [9.17, 15) is 9.18 Å². The fourth-order valence-electron chi connectivity index (χ4n) is 2.53. The van der Waals surface area contributed by atoms with Crippen LogP contribution < -0.4 is 5.56 Å². The van der Waals surface area contributed by atoms with E-state index in [1.165, 1.54) is 29.2 Å². The summed E-state index contributed by atoms with van der Waals surface area (Å²) in [6.07, 6.45) is 0. The number of para-hydroxylation sites is 1. The fraction of sp³-hybridized carbons (Fsp3) is 0.0556. The maximum Gasteiger partial charge on any atom is 0.271 e. The Morgan fingerprint density at radius 3 is 2.65 bits per heavy atom. The third-order valence-electron chi connectivity index (χ3n) is 3.76. The Bertz CT molecular complexity index is 1200. The van der Waals surface area contributed by atoms with Crippen LogP contribution in [0.3, 0.4) is 0 Å². The lowest BCUT2D eigenvalue weighted by Crippen LogP contribution is -2.09. The van der Waals surface area contributed by atoms with Crippen molar-refractivity contribution in [2.45, 2.75) is 10.9 Å². The number of benzene rings is 2. The number of fused-ring (bicyclic) bond motifs is 1. The SMILES string of the molecule is O=c1[nH]c(SCc2ccccc2F)nc2c1sc(=S)n2-c1ccccc1. The third-order valence-corrected chi connectivity index (χ3v) is 6.04. The Hall–Kier alpha value is -2.29. The monoisotopic (exact) mass is 401 g/mol. The van der Waals surface area contributed by atoms with Gasteiger partial charge in [0.25, 0.3) is 5.56 Å². The fourth-order valence-corrected chi connectivity index (χ4v) is 4.64. The van der Waals surface area contributed by atoms with Crippen molar-refractivity contribution in [2.75, 3.05) is 0 Å². The van der Waals surface area contributed by atoms with Gasteiger partial charge >= 0.3 is 0 Å². The minimum Gasteiger partial charge on any atom is -0.300 e. The Kier molecular flexibility index (Phi) is 4.71. The van der Waals surface area contributed by atoms with Gasteiger partial charge in [0.15, 0.2) is 14.8 Å². The van der Waals surface area contributed by atoms with Gasteiger partial charge in [0.1, 0.15) is 10.5 Å². The molecule has 0 aliphatic heterocycles. The lowest BCUT2D eigenvalue weighted by molar-refractivity contribution is 0.617. The van der Waals surface area contributed by atoms with Gasteiger partial charge in [-0.1, -0.05) is 59.5 Å². The molecule has 8 heteroatoms. The molecule has 0 bridgehead atoms. The molecule has 0 unspecified atom stereocenters. The smallest absolute Gasteiger partial charge is 0.271 e. The van der Waals surface area contributed by atoms with Gasteiger partial charge in [-0.2, -0.15) is 0 Å². The van der Waals surface area contributed by atoms with Crippen molar-refractivity contribution in [2.24, 2.45) is 0 Å². The number of aromatic nitrogens is 3. The first-order valence-corrected chi connectivity index (χ1v) is 9.92. The molecule has 4 aromatic rings. The van der Waals surface area contributed by atoms with Crippen LogP contribution in [-0.2, 0) is 5.75 Å². The number of nitrogens with zero attached hydrogens (tertiary/aromatic N) is 2. The first-order chi connectivity index (χ1) is 12.6. The highest BCUT2D eigenvalue weighted by Crippen LogP contribution is 2.26. The Labute approximate surface area is 161 Å². The summed E-state index contributed by atoms with van der Waals surface area (Å²) in [5, 5.41) is 0.434. The second kappa shape index (κ2) is 7.14. The maximum atomic E-state index is 13.8.